The number of hydrogen-bond acceptors (Lipinski definition) is 2. The summed E-state index contributed by atoms with van der Waals surface area (Å²) in [6, 6.07) is 6.80. The number of rotatable bonds is 4. The zero-order chi connectivity index (χ0) is 17.4. The molecule has 1 saturated carbocycles. The number of amides is 1. The molecule has 1 aliphatic rings. The van der Waals surface area contributed by atoms with Crippen LogP contribution in [0.1, 0.15) is 35.2 Å². The molecule has 2 aromatic heterocycles. The van der Waals surface area contributed by atoms with Crippen LogP contribution in [0.5, 0.6) is 0 Å². The molecule has 4 rings (SSSR count). The molecule has 1 amide bonds. The van der Waals surface area contributed by atoms with Crippen molar-refractivity contribution in [2.75, 3.05) is 0 Å². The number of nitrogens with one attached hydrogen (secondary N) is 1. The van der Waals surface area contributed by atoms with Gasteiger partial charge in [-0.3, -0.25) is 4.79 Å². The van der Waals surface area contributed by atoms with E-state index in [1.807, 2.05) is 36.1 Å². The molecular formula is C19H21FN4O. The molecule has 1 N–H and O–H groups in total. The first-order valence-corrected chi connectivity index (χ1v) is 8.66. The molecule has 5 nitrogen and oxygen atoms in total. The van der Waals surface area contributed by atoms with E-state index in [9.17, 15) is 9.18 Å². The SMILES string of the molecule is Cn1ccn2ncc(C(=O)N[C@@H]3CCC[C@@H]3Cc3ccc(F)cc3)c12. The molecule has 1 fully saturated rings. The number of hydrogen-bond donors (Lipinski definition) is 1. The summed E-state index contributed by atoms with van der Waals surface area (Å²) in [6.07, 6.45) is 9.36. The van der Waals surface area contributed by atoms with Gasteiger partial charge in [0.1, 0.15) is 17.0 Å². The summed E-state index contributed by atoms with van der Waals surface area (Å²) < 4.78 is 16.7. The summed E-state index contributed by atoms with van der Waals surface area (Å²) in [5.41, 5.74) is 2.51. The highest BCUT2D eigenvalue weighted by atomic mass is 19.1. The Bertz CT molecular complexity index is 896. The molecule has 1 aliphatic carbocycles. The number of carbonyl (C=O) groups is 1. The number of aryl methyl sites for hydroxylation is 1. The topological polar surface area (TPSA) is 51.3 Å². The minimum Gasteiger partial charge on any atom is -0.349 e. The van der Waals surface area contributed by atoms with Crippen molar-refractivity contribution in [2.45, 2.75) is 31.7 Å². The van der Waals surface area contributed by atoms with Crippen molar-refractivity contribution in [3.05, 3.63) is 59.8 Å². The number of nitrogens with zero attached hydrogens (tertiary/aromatic N) is 3. The summed E-state index contributed by atoms with van der Waals surface area (Å²) in [5, 5.41) is 7.42. The van der Waals surface area contributed by atoms with Crippen LogP contribution >= 0.6 is 0 Å². The first-order chi connectivity index (χ1) is 12.1. The molecule has 6 heteroatoms. The van der Waals surface area contributed by atoms with Crippen LogP contribution in [0.4, 0.5) is 4.39 Å². The molecule has 1 aromatic carbocycles. The van der Waals surface area contributed by atoms with Gasteiger partial charge in [-0.2, -0.15) is 5.10 Å². The van der Waals surface area contributed by atoms with Crippen molar-refractivity contribution >= 4 is 11.6 Å². The highest BCUT2D eigenvalue weighted by Crippen LogP contribution is 2.29. The first kappa shape index (κ1) is 15.9. The van der Waals surface area contributed by atoms with Crippen LogP contribution < -0.4 is 5.32 Å². The lowest BCUT2D eigenvalue weighted by atomic mass is 9.94. The molecule has 2 heterocycles. The summed E-state index contributed by atoms with van der Waals surface area (Å²) in [4.78, 5) is 12.7. The maximum atomic E-state index is 13.1. The minimum absolute atomic E-state index is 0.0761. The summed E-state index contributed by atoms with van der Waals surface area (Å²) in [7, 11) is 1.90. The number of benzene rings is 1. The van der Waals surface area contributed by atoms with Crippen LogP contribution in [-0.4, -0.2) is 26.1 Å². The fourth-order valence-electron chi connectivity index (χ4n) is 3.85. The second-order valence-corrected chi connectivity index (χ2v) is 6.84. The fourth-order valence-corrected chi connectivity index (χ4v) is 3.85. The lowest BCUT2D eigenvalue weighted by molar-refractivity contribution is 0.0929. The molecule has 3 aromatic rings. The Morgan fingerprint density at radius 2 is 2.08 bits per heavy atom. The third kappa shape index (κ3) is 3.04. The Balaban J connectivity index is 1.48. The van der Waals surface area contributed by atoms with Crippen molar-refractivity contribution in [3.63, 3.8) is 0 Å². The first-order valence-electron chi connectivity index (χ1n) is 8.66. The van der Waals surface area contributed by atoms with E-state index in [2.05, 4.69) is 10.4 Å². The van der Waals surface area contributed by atoms with Crippen LogP contribution in [0.15, 0.2) is 42.9 Å². The van der Waals surface area contributed by atoms with Crippen molar-refractivity contribution in [3.8, 4) is 0 Å². The smallest absolute Gasteiger partial charge is 0.256 e. The van der Waals surface area contributed by atoms with E-state index in [4.69, 9.17) is 0 Å². The van der Waals surface area contributed by atoms with E-state index in [1.165, 1.54) is 12.1 Å². The number of carbonyl (C=O) groups excluding carboxylic acids is 1. The molecule has 0 saturated heterocycles. The molecule has 0 radical (unpaired) electrons. The molecule has 0 spiro atoms. The maximum absolute atomic E-state index is 13.1. The highest BCUT2D eigenvalue weighted by molar-refractivity contribution is 6.00. The van der Waals surface area contributed by atoms with Crippen LogP contribution in [0, 0.1) is 11.7 Å². The maximum Gasteiger partial charge on any atom is 0.256 e. The van der Waals surface area contributed by atoms with Gasteiger partial charge in [-0.25, -0.2) is 8.91 Å². The van der Waals surface area contributed by atoms with Gasteiger partial charge in [-0.1, -0.05) is 18.6 Å². The van der Waals surface area contributed by atoms with E-state index in [0.717, 1.165) is 36.9 Å². The van der Waals surface area contributed by atoms with Crippen molar-refractivity contribution in [2.24, 2.45) is 13.0 Å². The van der Waals surface area contributed by atoms with E-state index < -0.39 is 0 Å². The third-order valence-corrected chi connectivity index (χ3v) is 5.17. The zero-order valence-corrected chi connectivity index (χ0v) is 14.2. The van der Waals surface area contributed by atoms with E-state index in [1.54, 1.807) is 10.7 Å². The quantitative estimate of drug-likeness (QED) is 0.794. The molecule has 25 heavy (non-hydrogen) atoms. The number of halogens is 1. The standard InChI is InChI=1S/C19H21FN4O/c1-23-9-10-24-19(23)16(12-21-24)18(25)22-17-4-2-3-14(17)11-13-5-7-15(20)8-6-13/h5-10,12,14,17H,2-4,11H2,1H3,(H,22,25)/t14-,17-/m1/s1. The number of aromatic nitrogens is 3. The van der Waals surface area contributed by atoms with Gasteiger partial charge in [-0.15, -0.1) is 0 Å². The monoisotopic (exact) mass is 340 g/mol. The van der Waals surface area contributed by atoms with Gasteiger partial charge in [0.2, 0.25) is 0 Å². The molecule has 2 atom stereocenters. The van der Waals surface area contributed by atoms with Crippen LogP contribution in [0.25, 0.3) is 5.65 Å². The van der Waals surface area contributed by atoms with Gasteiger partial charge < -0.3 is 9.88 Å². The van der Waals surface area contributed by atoms with Crippen molar-refractivity contribution in [1.29, 1.82) is 0 Å². The second-order valence-electron chi connectivity index (χ2n) is 6.84. The highest BCUT2D eigenvalue weighted by Gasteiger charge is 2.29. The Morgan fingerprint density at radius 1 is 1.28 bits per heavy atom. The molecular weight excluding hydrogens is 319 g/mol. The molecule has 0 unspecified atom stereocenters. The molecule has 0 aliphatic heterocycles. The van der Waals surface area contributed by atoms with Gasteiger partial charge in [0.25, 0.3) is 5.91 Å². The van der Waals surface area contributed by atoms with E-state index in [-0.39, 0.29) is 17.8 Å². The lowest BCUT2D eigenvalue weighted by Gasteiger charge is -2.21. The van der Waals surface area contributed by atoms with Crippen molar-refractivity contribution < 1.29 is 9.18 Å². The largest absolute Gasteiger partial charge is 0.349 e. The summed E-state index contributed by atoms with van der Waals surface area (Å²) in [6.45, 7) is 0. The van der Waals surface area contributed by atoms with Crippen LogP contribution in [0.3, 0.4) is 0 Å². The second kappa shape index (κ2) is 6.35. The van der Waals surface area contributed by atoms with Gasteiger partial charge in [0, 0.05) is 25.5 Å². The predicted octanol–water partition coefficient (Wildman–Crippen LogP) is 2.95. The minimum atomic E-state index is -0.215. The van der Waals surface area contributed by atoms with Crippen LogP contribution in [-0.2, 0) is 13.5 Å². The summed E-state index contributed by atoms with van der Waals surface area (Å²) >= 11 is 0. The summed E-state index contributed by atoms with van der Waals surface area (Å²) in [5.74, 6) is 0.0921. The van der Waals surface area contributed by atoms with Gasteiger partial charge in [0.05, 0.1) is 6.20 Å². The fraction of sp³-hybridized carbons (Fsp3) is 0.368. The Kier molecular flexibility index (Phi) is 4.03. The normalized spacial score (nSPS) is 20.2. The Hall–Kier alpha value is -2.63. The van der Waals surface area contributed by atoms with E-state index >= 15 is 0 Å². The Morgan fingerprint density at radius 3 is 2.88 bits per heavy atom. The van der Waals surface area contributed by atoms with Crippen LogP contribution in [0.2, 0.25) is 0 Å². The lowest BCUT2D eigenvalue weighted by Crippen LogP contribution is -2.38. The molecule has 0 bridgehead atoms. The van der Waals surface area contributed by atoms with E-state index in [0.29, 0.717) is 11.5 Å². The number of fused-ring (bicyclic) bond motifs is 1. The zero-order valence-electron chi connectivity index (χ0n) is 14.2. The molecule has 130 valence electrons. The van der Waals surface area contributed by atoms with Crippen molar-refractivity contribution in [1.82, 2.24) is 19.5 Å². The van der Waals surface area contributed by atoms with Gasteiger partial charge in [0.15, 0.2) is 0 Å². The Labute approximate surface area is 145 Å². The van der Waals surface area contributed by atoms with Gasteiger partial charge in [-0.05, 0) is 42.9 Å². The third-order valence-electron chi connectivity index (χ3n) is 5.17. The predicted molar refractivity (Wildman–Crippen MR) is 92.9 cm³/mol. The number of imidazole rings is 1. The van der Waals surface area contributed by atoms with Gasteiger partial charge >= 0.3 is 0 Å². The average molecular weight is 340 g/mol. The average Bonchev–Trinajstić information content (AvgIpc) is 3.29.